The first kappa shape index (κ1) is 13.0. The first-order valence-corrected chi connectivity index (χ1v) is 7.02. The van der Waals surface area contributed by atoms with Gasteiger partial charge in [-0.15, -0.1) is 0 Å². The molecule has 1 amide bonds. The lowest BCUT2D eigenvalue weighted by Gasteiger charge is -2.55. The summed E-state index contributed by atoms with van der Waals surface area (Å²) in [7, 11) is 0. The van der Waals surface area contributed by atoms with Crippen molar-refractivity contribution < 1.29 is 4.79 Å². The molecule has 2 atom stereocenters. The van der Waals surface area contributed by atoms with Crippen LogP contribution in [-0.2, 0) is 0 Å². The highest BCUT2D eigenvalue weighted by Crippen LogP contribution is 2.58. The molecular weight excluding hydrogens is 250 g/mol. The van der Waals surface area contributed by atoms with Crippen LogP contribution in [0.4, 0.5) is 0 Å². The molecule has 3 aliphatic rings. The smallest absolute Gasteiger partial charge is 0.267 e. The Labute approximate surface area is 119 Å². The van der Waals surface area contributed by atoms with Crippen LogP contribution in [0, 0.1) is 17.3 Å². The number of carbonyl (C=O) groups excluding carboxylic acids is 1. The van der Waals surface area contributed by atoms with Gasteiger partial charge in [0.15, 0.2) is 0 Å². The SMILES string of the molecule is CC1(C)C2CC=C(/C=N/NC(=O)c3cccnc3)C1C2. The number of aromatic nitrogens is 1. The number of hydrogen-bond acceptors (Lipinski definition) is 3. The van der Waals surface area contributed by atoms with Crippen LogP contribution < -0.4 is 5.43 Å². The summed E-state index contributed by atoms with van der Waals surface area (Å²) in [6, 6.07) is 3.46. The molecule has 0 spiro atoms. The first-order valence-electron chi connectivity index (χ1n) is 7.02. The quantitative estimate of drug-likeness (QED) is 0.677. The number of hydrazone groups is 1. The molecule has 1 heterocycles. The van der Waals surface area contributed by atoms with Gasteiger partial charge in [-0.3, -0.25) is 9.78 Å². The zero-order chi connectivity index (χ0) is 14.2. The molecule has 2 unspecified atom stereocenters. The number of allylic oxidation sites excluding steroid dienone is 2. The van der Waals surface area contributed by atoms with Crippen molar-refractivity contribution in [1.29, 1.82) is 0 Å². The van der Waals surface area contributed by atoms with Gasteiger partial charge in [-0.1, -0.05) is 19.9 Å². The molecule has 0 radical (unpaired) electrons. The molecule has 1 saturated carbocycles. The molecule has 4 heteroatoms. The number of hydrogen-bond donors (Lipinski definition) is 1. The maximum Gasteiger partial charge on any atom is 0.272 e. The summed E-state index contributed by atoms with van der Waals surface area (Å²) >= 11 is 0. The van der Waals surface area contributed by atoms with Gasteiger partial charge in [0.05, 0.1) is 11.8 Å². The van der Waals surface area contributed by atoms with Crippen molar-refractivity contribution in [2.75, 3.05) is 0 Å². The largest absolute Gasteiger partial charge is 0.272 e. The van der Waals surface area contributed by atoms with Crippen LogP contribution >= 0.6 is 0 Å². The molecular formula is C16H19N3O. The van der Waals surface area contributed by atoms with Gasteiger partial charge in [0.2, 0.25) is 0 Å². The third kappa shape index (κ3) is 2.15. The number of fused-ring (bicyclic) bond motifs is 1. The summed E-state index contributed by atoms with van der Waals surface area (Å²) < 4.78 is 0. The molecule has 0 aromatic carbocycles. The van der Waals surface area contributed by atoms with Gasteiger partial charge >= 0.3 is 0 Å². The zero-order valence-corrected chi connectivity index (χ0v) is 11.8. The van der Waals surface area contributed by atoms with E-state index in [0.29, 0.717) is 16.9 Å². The Morgan fingerprint density at radius 2 is 2.40 bits per heavy atom. The number of carbonyl (C=O) groups is 1. The lowest BCUT2D eigenvalue weighted by atomic mass is 9.49. The molecule has 1 N–H and O–H groups in total. The average Bonchev–Trinajstić information content (AvgIpc) is 2.48. The minimum atomic E-state index is -0.225. The second kappa shape index (κ2) is 4.85. The number of nitrogens with one attached hydrogen (secondary N) is 1. The van der Waals surface area contributed by atoms with Gasteiger partial charge in [-0.25, -0.2) is 5.43 Å². The number of nitrogens with zero attached hydrogens (tertiary/aromatic N) is 2. The molecule has 1 aromatic heterocycles. The topological polar surface area (TPSA) is 54.4 Å². The van der Waals surface area contributed by atoms with Gasteiger partial charge in [-0.2, -0.15) is 5.10 Å². The number of rotatable bonds is 3. The standard InChI is InChI=1S/C16H19N3O/c1-16(2)13-6-5-11(14(16)8-13)10-18-19-15(20)12-4-3-7-17-9-12/h3-5,7,9-10,13-14H,6,8H2,1-2H3,(H,19,20)/b18-10+. The maximum absolute atomic E-state index is 11.8. The lowest BCUT2D eigenvalue weighted by Crippen LogP contribution is -2.48. The summed E-state index contributed by atoms with van der Waals surface area (Å²) in [4.78, 5) is 15.7. The van der Waals surface area contributed by atoms with Crippen molar-refractivity contribution in [2.45, 2.75) is 26.7 Å². The van der Waals surface area contributed by atoms with Crippen molar-refractivity contribution in [3.05, 3.63) is 41.7 Å². The summed E-state index contributed by atoms with van der Waals surface area (Å²) in [5.74, 6) is 1.17. The molecule has 3 aliphatic carbocycles. The average molecular weight is 269 g/mol. The second-order valence-electron chi connectivity index (χ2n) is 6.19. The Morgan fingerprint density at radius 3 is 3.05 bits per heavy atom. The first-order chi connectivity index (χ1) is 9.59. The highest BCUT2D eigenvalue weighted by atomic mass is 16.2. The Balaban J connectivity index is 1.62. The van der Waals surface area contributed by atoms with E-state index in [-0.39, 0.29) is 5.91 Å². The third-order valence-electron chi connectivity index (χ3n) is 4.81. The molecule has 4 rings (SSSR count). The van der Waals surface area contributed by atoms with Crippen LogP contribution in [0.5, 0.6) is 0 Å². The molecule has 104 valence electrons. The fraction of sp³-hybridized carbons (Fsp3) is 0.438. The Hall–Kier alpha value is -1.97. The highest BCUT2D eigenvalue weighted by Gasteiger charge is 2.50. The highest BCUT2D eigenvalue weighted by molar-refractivity contribution is 5.94. The van der Waals surface area contributed by atoms with Crippen LogP contribution in [-0.4, -0.2) is 17.1 Å². The molecule has 4 nitrogen and oxygen atoms in total. The monoisotopic (exact) mass is 269 g/mol. The van der Waals surface area contributed by atoms with E-state index < -0.39 is 0 Å². The summed E-state index contributed by atoms with van der Waals surface area (Å²) in [6.07, 6.45) is 9.61. The van der Waals surface area contributed by atoms with Gasteiger partial charge in [0.25, 0.3) is 5.91 Å². The fourth-order valence-electron chi connectivity index (χ4n) is 3.27. The Morgan fingerprint density at radius 1 is 1.55 bits per heavy atom. The lowest BCUT2D eigenvalue weighted by molar-refractivity contribution is -0.00126. The predicted octanol–water partition coefficient (Wildman–Crippen LogP) is 2.79. The van der Waals surface area contributed by atoms with Crippen LogP contribution in [0.2, 0.25) is 0 Å². The van der Waals surface area contributed by atoms with Crippen LogP contribution in [0.1, 0.15) is 37.0 Å². The normalized spacial score (nSPS) is 26.8. The Kier molecular flexibility index (Phi) is 3.16. The fourth-order valence-corrected chi connectivity index (χ4v) is 3.27. The van der Waals surface area contributed by atoms with E-state index in [0.717, 1.165) is 12.3 Å². The molecule has 0 aliphatic heterocycles. The number of amides is 1. The van der Waals surface area contributed by atoms with E-state index in [2.05, 4.69) is 35.4 Å². The van der Waals surface area contributed by atoms with Gasteiger partial charge in [0.1, 0.15) is 0 Å². The number of pyridine rings is 1. The van der Waals surface area contributed by atoms with Crippen molar-refractivity contribution in [3.63, 3.8) is 0 Å². The van der Waals surface area contributed by atoms with E-state index in [1.165, 1.54) is 18.2 Å². The van der Waals surface area contributed by atoms with Gasteiger partial charge in [-0.05, 0) is 47.8 Å². The van der Waals surface area contributed by atoms with E-state index in [4.69, 9.17) is 0 Å². The second-order valence-corrected chi connectivity index (χ2v) is 6.19. The summed E-state index contributed by atoms with van der Waals surface area (Å²) in [5, 5.41) is 4.09. The molecule has 2 bridgehead atoms. The van der Waals surface area contributed by atoms with E-state index in [1.54, 1.807) is 24.5 Å². The van der Waals surface area contributed by atoms with Crippen LogP contribution in [0.25, 0.3) is 0 Å². The summed E-state index contributed by atoms with van der Waals surface area (Å²) in [5.41, 5.74) is 4.71. The maximum atomic E-state index is 11.8. The van der Waals surface area contributed by atoms with E-state index in [1.807, 2.05) is 0 Å². The third-order valence-corrected chi connectivity index (χ3v) is 4.81. The molecule has 20 heavy (non-hydrogen) atoms. The van der Waals surface area contributed by atoms with Crippen molar-refractivity contribution in [1.82, 2.24) is 10.4 Å². The van der Waals surface area contributed by atoms with Crippen LogP contribution in [0.3, 0.4) is 0 Å². The molecule has 1 aromatic rings. The van der Waals surface area contributed by atoms with Crippen molar-refractivity contribution in [3.8, 4) is 0 Å². The summed E-state index contributed by atoms with van der Waals surface area (Å²) in [6.45, 7) is 4.64. The minimum absolute atomic E-state index is 0.225. The zero-order valence-electron chi connectivity index (χ0n) is 11.8. The Bertz CT molecular complexity index is 575. The van der Waals surface area contributed by atoms with Gasteiger partial charge < -0.3 is 0 Å². The van der Waals surface area contributed by atoms with Crippen molar-refractivity contribution in [2.24, 2.45) is 22.4 Å². The van der Waals surface area contributed by atoms with E-state index in [9.17, 15) is 4.79 Å². The van der Waals surface area contributed by atoms with Crippen LogP contribution in [0.15, 0.2) is 41.3 Å². The van der Waals surface area contributed by atoms with Gasteiger partial charge in [0, 0.05) is 12.4 Å². The predicted molar refractivity (Wildman–Crippen MR) is 78.3 cm³/mol. The van der Waals surface area contributed by atoms with E-state index >= 15 is 0 Å². The molecule has 1 fully saturated rings. The minimum Gasteiger partial charge on any atom is -0.267 e. The van der Waals surface area contributed by atoms with Crippen molar-refractivity contribution >= 4 is 12.1 Å². The molecule has 0 saturated heterocycles.